The number of aliphatic hydroxyl groups is 1. The summed E-state index contributed by atoms with van der Waals surface area (Å²) in [7, 11) is 4.67. The van der Waals surface area contributed by atoms with Gasteiger partial charge in [-0.05, 0) is 31.2 Å². The van der Waals surface area contributed by atoms with E-state index >= 15 is 0 Å². The van der Waals surface area contributed by atoms with E-state index in [1.807, 2.05) is 6.92 Å². The third-order valence-corrected chi connectivity index (χ3v) is 6.36. The number of fused-ring (bicyclic) bond motifs is 1. The molecule has 3 rings (SSSR count). The van der Waals surface area contributed by atoms with Crippen LogP contribution in [0.25, 0.3) is 17.0 Å². The van der Waals surface area contributed by atoms with E-state index < -0.39 is 11.7 Å². The number of methoxy groups -OCH3 is 1. The minimum Gasteiger partial charge on any atom is -0.496 e. The maximum Gasteiger partial charge on any atom is 0.416 e. The van der Waals surface area contributed by atoms with Crippen molar-refractivity contribution in [3.05, 3.63) is 47.3 Å². The number of hydrogen-bond donors (Lipinski definition) is 1. The molecule has 1 aromatic carbocycles. The van der Waals surface area contributed by atoms with E-state index in [1.165, 1.54) is 16.9 Å². The third-order valence-electron chi connectivity index (χ3n) is 4.10. The van der Waals surface area contributed by atoms with Gasteiger partial charge < -0.3 is 9.84 Å². The molecule has 28 heavy (non-hydrogen) atoms. The van der Waals surface area contributed by atoms with Gasteiger partial charge in [0.2, 0.25) is 5.95 Å². The summed E-state index contributed by atoms with van der Waals surface area (Å²) in [5, 5.41) is 8.93. The molecule has 1 N–H and O–H groups in total. The fraction of sp³-hybridized carbons (Fsp3) is 0.333. The Morgan fingerprint density at radius 2 is 2.04 bits per heavy atom. The molecule has 0 spiro atoms. The van der Waals surface area contributed by atoms with Gasteiger partial charge in [0.15, 0.2) is 0 Å². The molecular formula is C18H18F3N3O2S2. The number of imidazole rings is 1. The van der Waals surface area contributed by atoms with Crippen molar-refractivity contribution in [3.63, 3.8) is 0 Å². The maximum atomic E-state index is 13.0. The van der Waals surface area contributed by atoms with Crippen molar-refractivity contribution in [2.24, 2.45) is 0 Å². The lowest BCUT2D eigenvalue weighted by Gasteiger charge is -2.16. The molecule has 5 nitrogen and oxygen atoms in total. The van der Waals surface area contributed by atoms with Crippen molar-refractivity contribution in [2.75, 3.05) is 19.5 Å². The van der Waals surface area contributed by atoms with E-state index in [0.29, 0.717) is 28.7 Å². The molecule has 2 aromatic heterocycles. The highest BCUT2D eigenvalue weighted by molar-refractivity contribution is 8.76. The molecule has 0 atom stereocenters. The molecule has 0 unspecified atom stereocenters. The average Bonchev–Trinajstić information content (AvgIpc) is 3.08. The monoisotopic (exact) mass is 429 g/mol. The molecule has 10 heteroatoms. The normalized spacial score (nSPS) is 11.9. The van der Waals surface area contributed by atoms with Gasteiger partial charge in [-0.25, -0.2) is 9.97 Å². The lowest BCUT2D eigenvalue weighted by Crippen LogP contribution is -2.38. The first-order valence-electron chi connectivity index (χ1n) is 8.30. The Bertz CT molecular complexity index is 977. The standard InChI is InChI=1S/C18H18F3N3O2S2/c1-11-15(10-28-27-8-7-25)24(6-5-16(11)26-2)17-22-13-4-3-12(18(19,20)21)9-14(13)23-17/h3-6,9,25H,7-8,10H2,1-2H3. The minimum atomic E-state index is -4.43. The van der Waals surface area contributed by atoms with Gasteiger partial charge in [-0.15, -0.1) is 0 Å². The van der Waals surface area contributed by atoms with Crippen LogP contribution in [0.3, 0.4) is 0 Å². The summed E-state index contributed by atoms with van der Waals surface area (Å²) in [6.07, 6.45) is -2.68. The topological polar surface area (TPSA) is 60.3 Å². The van der Waals surface area contributed by atoms with Crippen molar-refractivity contribution < 1.29 is 27.6 Å². The van der Waals surface area contributed by atoms with Crippen LogP contribution in [0.1, 0.15) is 16.8 Å². The highest BCUT2D eigenvalue weighted by atomic mass is 33.1. The van der Waals surface area contributed by atoms with Crippen LogP contribution in [0.4, 0.5) is 13.2 Å². The van der Waals surface area contributed by atoms with Crippen LogP contribution in [0, 0.1) is 6.92 Å². The van der Waals surface area contributed by atoms with Gasteiger partial charge in [-0.1, -0.05) is 21.6 Å². The quantitative estimate of drug-likeness (QED) is 0.351. The summed E-state index contributed by atoms with van der Waals surface area (Å²) < 4.78 is 46.0. The number of benzene rings is 1. The Morgan fingerprint density at radius 3 is 2.71 bits per heavy atom. The summed E-state index contributed by atoms with van der Waals surface area (Å²) in [6.45, 7) is 2.00. The molecule has 2 heterocycles. The van der Waals surface area contributed by atoms with Gasteiger partial charge in [0.1, 0.15) is 5.75 Å². The van der Waals surface area contributed by atoms with E-state index in [9.17, 15) is 13.2 Å². The number of aromatic nitrogens is 3. The van der Waals surface area contributed by atoms with E-state index in [-0.39, 0.29) is 12.1 Å². The number of pyridine rings is 1. The van der Waals surface area contributed by atoms with Crippen LogP contribution < -0.4 is 14.3 Å². The minimum absolute atomic E-state index is 0.0909. The summed E-state index contributed by atoms with van der Waals surface area (Å²) >= 11 is 0. The fourth-order valence-electron chi connectivity index (χ4n) is 2.69. The van der Waals surface area contributed by atoms with Crippen LogP contribution in [0.5, 0.6) is 5.75 Å². The maximum absolute atomic E-state index is 13.0. The molecule has 3 aromatic rings. The third kappa shape index (κ3) is 4.39. The smallest absolute Gasteiger partial charge is 0.416 e. The number of ether oxygens (including phenoxy) is 1. The van der Waals surface area contributed by atoms with E-state index in [0.717, 1.165) is 23.4 Å². The van der Waals surface area contributed by atoms with Gasteiger partial charge in [0.25, 0.3) is 0 Å². The lowest BCUT2D eigenvalue weighted by atomic mass is 10.2. The van der Waals surface area contributed by atoms with Gasteiger partial charge in [-0.3, -0.25) is 4.57 Å². The Morgan fingerprint density at radius 1 is 1.25 bits per heavy atom. The molecule has 0 saturated heterocycles. The molecule has 0 amide bonds. The van der Waals surface area contributed by atoms with Crippen molar-refractivity contribution in [1.82, 2.24) is 9.97 Å². The SMILES string of the molecule is COc1cc[n+](-c2nc3cc(C(F)(F)F)ccc3[n-]2)c(CSSCCO)c1C. The van der Waals surface area contributed by atoms with Crippen LogP contribution >= 0.6 is 21.6 Å². The number of alkyl halides is 3. The van der Waals surface area contributed by atoms with E-state index in [4.69, 9.17) is 9.84 Å². The van der Waals surface area contributed by atoms with Crippen molar-refractivity contribution in [3.8, 4) is 11.7 Å². The Balaban J connectivity index is 2.03. The Labute approximate surface area is 167 Å². The number of hydrogen-bond acceptors (Lipinski definition) is 5. The van der Waals surface area contributed by atoms with Crippen LogP contribution in [0.15, 0.2) is 30.5 Å². The number of nitrogens with zero attached hydrogens (tertiary/aromatic N) is 3. The molecular weight excluding hydrogens is 411 g/mol. The largest absolute Gasteiger partial charge is 0.496 e. The molecule has 0 bridgehead atoms. The van der Waals surface area contributed by atoms with E-state index in [2.05, 4.69) is 9.97 Å². The molecule has 0 aliphatic heterocycles. The van der Waals surface area contributed by atoms with Crippen molar-refractivity contribution in [1.29, 1.82) is 0 Å². The zero-order valence-corrected chi connectivity index (χ0v) is 16.8. The van der Waals surface area contributed by atoms with Crippen LogP contribution in [-0.4, -0.2) is 29.6 Å². The summed E-state index contributed by atoms with van der Waals surface area (Å²) in [4.78, 5) is 8.71. The second-order valence-corrected chi connectivity index (χ2v) is 8.44. The molecule has 150 valence electrons. The molecule has 0 fully saturated rings. The highest BCUT2D eigenvalue weighted by Crippen LogP contribution is 2.31. The summed E-state index contributed by atoms with van der Waals surface area (Å²) in [5.41, 5.74) is 1.61. The van der Waals surface area contributed by atoms with Crippen LogP contribution in [-0.2, 0) is 11.9 Å². The Kier molecular flexibility index (Phi) is 6.41. The van der Waals surface area contributed by atoms with Crippen molar-refractivity contribution >= 4 is 32.6 Å². The highest BCUT2D eigenvalue weighted by Gasteiger charge is 2.31. The Hall–Kier alpha value is -1.91. The zero-order chi connectivity index (χ0) is 20.3. The molecule has 0 aliphatic carbocycles. The summed E-state index contributed by atoms with van der Waals surface area (Å²) in [6, 6.07) is 5.12. The lowest BCUT2D eigenvalue weighted by molar-refractivity contribution is -0.611. The molecule has 0 aliphatic rings. The van der Waals surface area contributed by atoms with Crippen LogP contribution in [0.2, 0.25) is 0 Å². The first-order chi connectivity index (χ1) is 13.3. The van der Waals surface area contributed by atoms with Crippen molar-refractivity contribution in [2.45, 2.75) is 18.9 Å². The predicted octanol–water partition coefficient (Wildman–Crippen LogP) is 3.68. The summed E-state index contributed by atoms with van der Waals surface area (Å²) in [5.74, 6) is 2.20. The van der Waals surface area contributed by atoms with Gasteiger partial charge in [0, 0.05) is 29.0 Å². The number of rotatable bonds is 7. The zero-order valence-electron chi connectivity index (χ0n) is 15.2. The second-order valence-electron chi connectivity index (χ2n) is 5.86. The molecule has 0 radical (unpaired) electrons. The molecule has 0 saturated carbocycles. The second kappa shape index (κ2) is 8.62. The van der Waals surface area contributed by atoms with Gasteiger partial charge in [0.05, 0.1) is 30.3 Å². The fourth-order valence-corrected chi connectivity index (χ4v) is 4.60. The van der Waals surface area contributed by atoms with Gasteiger partial charge >= 0.3 is 6.18 Å². The number of aliphatic hydroxyl groups excluding tert-OH is 1. The first kappa shape index (κ1) is 20.8. The van der Waals surface area contributed by atoms with E-state index in [1.54, 1.807) is 34.7 Å². The van der Waals surface area contributed by atoms with Gasteiger partial charge in [-0.2, -0.15) is 13.2 Å². The average molecular weight is 429 g/mol. The predicted molar refractivity (Wildman–Crippen MR) is 104 cm³/mol. The first-order valence-corrected chi connectivity index (χ1v) is 10.8. The number of halogens is 3.